The van der Waals surface area contributed by atoms with Crippen LogP contribution in [0.5, 0.6) is 0 Å². The molecule has 0 amide bonds. The van der Waals surface area contributed by atoms with Crippen LogP contribution in [0.15, 0.2) is 0 Å². The normalized spacial score (nSPS) is 28.2. The molecule has 1 heterocycles. The third-order valence-electron chi connectivity index (χ3n) is 2.62. The van der Waals surface area contributed by atoms with Crippen molar-refractivity contribution in [2.24, 2.45) is 0 Å². The Morgan fingerprint density at radius 2 is 1.94 bits per heavy atom. The number of carbonyl (C=O) groups is 1. The molecule has 1 aliphatic rings. The van der Waals surface area contributed by atoms with E-state index < -0.39 is 33.6 Å². The molecule has 1 aliphatic heterocycles. The number of aliphatic carboxylic acids is 1. The highest BCUT2D eigenvalue weighted by Crippen LogP contribution is 2.38. The van der Waals surface area contributed by atoms with Gasteiger partial charge in [-0.25, -0.2) is 8.42 Å². The number of nitrogens with zero attached hydrogens (tertiary/aromatic N) is 1. The van der Waals surface area contributed by atoms with E-state index in [1.807, 2.05) is 0 Å². The highest BCUT2D eigenvalue weighted by Gasteiger charge is 2.59. The van der Waals surface area contributed by atoms with E-state index in [2.05, 4.69) is 0 Å². The van der Waals surface area contributed by atoms with Crippen molar-refractivity contribution in [2.45, 2.75) is 30.8 Å². The van der Waals surface area contributed by atoms with E-state index in [1.54, 1.807) is 0 Å². The molecule has 1 unspecified atom stereocenters. The summed E-state index contributed by atoms with van der Waals surface area (Å²) in [7, 11) is -5.58. The Kier molecular flexibility index (Phi) is 2.97. The lowest BCUT2D eigenvalue weighted by Gasteiger charge is -2.30. The Hall–Kier alpha value is -0.830. The highest BCUT2D eigenvalue weighted by molar-refractivity contribution is 7.90. The molecule has 0 radical (unpaired) electrons. The average Bonchev–Trinajstić information content (AvgIpc) is 2.47. The number of hydrogen-bond acceptors (Lipinski definition) is 3. The number of carboxylic acid groups (broad SMARTS) is 1. The molecule has 1 fully saturated rings. The molecule has 0 saturated carbocycles. The van der Waals surface area contributed by atoms with Gasteiger partial charge >= 0.3 is 21.5 Å². The summed E-state index contributed by atoms with van der Waals surface area (Å²) in [6.07, 6.45) is -0.0320. The van der Waals surface area contributed by atoms with Crippen molar-refractivity contribution in [3.63, 3.8) is 0 Å². The first-order chi connectivity index (χ1) is 7.03. The fourth-order valence-electron chi connectivity index (χ4n) is 1.66. The van der Waals surface area contributed by atoms with Crippen LogP contribution in [0.25, 0.3) is 0 Å². The number of hydrogen-bond donors (Lipinski definition) is 1. The topological polar surface area (TPSA) is 74.7 Å². The molecule has 1 atom stereocenters. The van der Waals surface area contributed by atoms with Crippen LogP contribution in [-0.2, 0) is 14.8 Å². The summed E-state index contributed by atoms with van der Waals surface area (Å²) in [5, 5.41) is 8.80. The number of carboxylic acids is 1. The van der Waals surface area contributed by atoms with Crippen molar-refractivity contribution >= 4 is 16.0 Å². The Labute approximate surface area is 89.9 Å². The van der Waals surface area contributed by atoms with Crippen molar-refractivity contribution in [1.82, 2.24) is 4.31 Å². The Morgan fingerprint density at radius 3 is 2.31 bits per heavy atom. The molecular formula is C7H10F3NO4S. The summed E-state index contributed by atoms with van der Waals surface area (Å²) < 4.78 is 59.0. The summed E-state index contributed by atoms with van der Waals surface area (Å²) in [5.74, 6) is -1.57. The summed E-state index contributed by atoms with van der Waals surface area (Å²) in [5.41, 5.74) is -7.47. The molecular weight excluding hydrogens is 251 g/mol. The van der Waals surface area contributed by atoms with E-state index in [0.29, 0.717) is 0 Å². The molecule has 0 bridgehead atoms. The third kappa shape index (κ3) is 1.77. The molecule has 0 aliphatic carbocycles. The molecule has 16 heavy (non-hydrogen) atoms. The number of alkyl halides is 3. The first-order valence-electron chi connectivity index (χ1n) is 4.36. The van der Waals surface area contributed by atoms with Gasteiger partial charge in [-0.15, -0.1) is 0 Å². The second-order valence-corrected chi connectivity index (χ2v) is 5.56. The standard InChI is InChI=1S/C7H10F3NO4S/c1-6(5(12)13)3-2-4-11(6)16(14,15)7(8,9)10/h2-4H2,1H3,(H,12,13). The van der Waals surface area contributed by atoms with Crippen molar-refractivity contribution in [3.05, 3.63) is 0 Å². The zero-order valence-corrected chi connectivity index (χ0v) is 9.10. The molecule has 94 valence electrons. The van der Waals surface area contributed by atoms with Crippen LogP contribution in [0.3, 0.4) is 0 Å². The van der Waals surface area contributed by atoms with Gasteiger partial charge in [-0.1, -0.05) is 0 Å². The van der Waals surface area contributed by atoms with Gasteiger partial charge in [0.2, 0.25) is 0 Å². The van der Waals surface area contributed by atoms with Crippen LogP contribution >= 0.6 is 0 Å². The lowest BCUT2D eigenvalue weighted by atomic mass is 10.0. The Balaban J connectivity index is 3.21. The van der Waals surface area contributed by atoms with E-state index in [-0.39, 0.29) is 17.1 Å². The predicted octanol–water partition coefficient (Wildman–Crippen LogP) is 0.775. The fraction of sp³-hybridized carbons (Fsp3) is 0.857. The molecule has 5 nitrogen and oxygen atoms in total. The van der Waals surface area contributed by atoms with Gasteiger partial charge in [0.25, 0.3) is 0 Å². The van der Waals surface area contributed by atoms with Gasteiger partial charge in [0, 0.05) is 6.54 Å². The largest absolute Gasteiger partial charge is 0.511 e. The lowest BCUT2D eigenvalue weighted by molar-refractivity contribution is -0.146. The van der Waals surface area contributed by atoms with E-state index >= 15 is 0 Å². The fourth-order valence-corrected chi connectivity index (χ4v) is 2.98. The van der Waals surface area contributed by atoms with E-state index in [9.17, 15) is 26.4 Å². The van der Waals surface area contributed by atoms with Gasteiger partial charge in [-0.3, -0.25) is 4.79 Å². The Bertz CT molecular complexity index is 404. The van der Waals surface area contributed by atoms with Crippen LogP contribution in [0.1, 0.15) is 19.8 Å². The minimum atomic E-state index is -5.58. The maximum Gasteiger partial charge on any atom is 0.511 e. The first-order valence-corrected chi connectivity index (χ1v) is 5.80. The summed E-state index contributed by atoms with van der Waals surface area (Å²) >= 11 is 0. The number of rotatable bonds is 2. The molecule has 0 aromatic carbocycles. The third-order valence-corrected chi connectivity index (χ3v) is 4.37. The monoisotopic (exact) mass is 261 g/mol. The van der Waals surface area contributed by atoms with Crippen molar-refractivity contribution in [1.29, 1.82) is 0 Å². The maximum absolute atomic E-state index is 12.3. The lowest BCUT2D eigenvalue weighted by Crippen LogP contribution is -2.54. The van der Waals surface area contributed by atoms with Gasteiger partial charge in [0.15, 0.2) is 0 Å². The van der Waals surface area contributed by atoms with E-state index in [4.69, 9.17) is 5.11 Å². The molecule has 0 aromatic rings. The van der Waals surface area contributed by atoms with Gasteiger partial charge in [0.05, 0.1) is 0 Å². The van der Waals surface area contributed by atoms with Crippen molar-refractivity contribution in [2.75, 3.05) is 6.54 Å². The number of sulfonamides is 1. The van der Waals surface area contributed by atoms with E-state index in [1.165, 1.54) is 0 Å². The molecule has 0 aromatic heterocycles. The zero-order chi connectivity index (χ0) is 12.8. The highest BCUT2D eigenvalue weighted by atomic mass is 32.2. The van der Waals surface area contributed by atoms with Crippen LogP contribution in [0, 0.1) is 0 Å². The second kappa shape index (κ2) is 3.59. The quantitative estimate of drug-likeness (QED) is 0.797. The van der Waals surface area contributed by atoms with Crippen molar-refractivity contribution < 1.29 is 31.5 Å². The molecule has 1 saturated heterocycles. The molecule has 1 rings (SSSR count). The van der Waals surface area contributed by atoms with Gasteiger partial charge < -0.3 is 5.11 Å². The molecule has 0 spiro atoms. The Morgan fingerprint density at radius 1 is 1.44 bits per heavy atom. The smallest absolute Gasteiger partial charge is 0.480 e. The minimum absolute atomic E-state index is 0.0162. The van der Waals surface area contributed by atoms with Gasteiger partial charge in [-0.2, -0.15) is 17.5 Å². The molecule has 1 N–H and O–H groups in total. The molecule has 9 heteroatoms. The first kappa shape index (κ1) is 13.2. The van der Waals surface area contributed by atoms with Crippen molar-refractivity contribution in [3.8, 4) is 0 Å². The van der Waals surface area contributed by atoms with Gasteiger partial charge in [-0.05, 0) is 19.8 Å². The van der Waals surface area contributed by atoms with Crippen LogP contribution < -0.4 is 0 Å². The second-order valence-electron chi connectivity index (χ2n) is 3.71. The van der Waals surface area contributed by atoms with Crippen LogP contribution in [0.4, 0.5) is 13.2 Å². The van der Waals surface area contributed by atoms with Crippen LogP contribution in [-0.4, -0.2) is 41.4 Å². The SMILES string of the molecule is CC1(C(=O)O)CCCN1S(=O)(=O)C(F)(F)F. The zero-order valence-electron chi connectivity index (χ0n) is 8.28. The number of halogens is 3. The summed E-state index contributed by atoms with van der Waals surface area (Å²) in [6, 6.07) is 0. The maximum atomic E-state index is 12.3. The van der Waals surface area contributed by atoms with Crippen LogP contribution in [0.2, 0.25) is 0 Å². The van der Waals surface area contributed by atoms with E-state index in [0.717, 1.165) is 6.92 Å². The predicted molar refractivity (Wildman–Crippen MR) is 47.0 cm³/mol. The summed E-state index contributed by atoms with van der Waals surface area (Å²) in [4.78, 5) is 10.8. The minimum Gasteiger partial charge on any atom is -0.480 e. The van der Waals surface area contributed by atoms with Gasteiger partial charge in [0.1, 0.15) is 5.54 Å². The average molecular weight is 261 g/mol. The summed E-state index contributed by atoms with van der Waals surface area (Å²) in [6.45, 7) is 0.552.